The number of hydrogen-bond donors (Lipinski definition) is 1. The van der Waals surface area contributed by atoms with Crippen LogP contribution in [-0.4, -0.2) is 50.0 Å². The molecule has 11 heteroatoms. The van der Waals surface area contributed by atoms with Gasteiger partial charge in [0, 0.05) is 17.1 Å². The Balaban J connectivity index is 1.90. The molecule has 0 bridgehead atoms. The van der Waals surface area contributed by atoms with Gasteiger partial charge in [0.1, 0.15) is 12.6 Å². The van der Waals surface area contributed by atoms with Gasteiger partial charge in [-0.3, -0.25) is 13.9 Å². The van der Waals surface area contributed by atoms with Gasteiger partial charge in [-0.25, -0.2) is 8.42 Å². The van der Waals surface area contributed by atoms with E-state index in [1.807, 2.05) is 0 Å². The van der Waals surface area contributed by atoms with Crippen molar-refractivity contribution in [1.29, 1.82) is 0 Å². The SMILES string of the molecule is C[C@H](C(=O)NC1CCCC1)N(Cc1ccc(Cl)c(Cl)c1)C(=O)CN(c1ccccc1Br)S(C)(=O)=O. The van der Waals surface area contributed by atoms with Gasteiger partial charge in [0.05, 0.1) is 22.0 Å². The summed E-state index contributed by atoms with van der Waals surface area (Å²) in [4.78, 5) is 28.0. The Bertz CT molecular complexity index is 1190. The van der Waals surface area contributed by atoms with Crippen molar-refractivity contribution >= 4 is 66.7 Å². The van der Waals surface area contributed by atoms with E-state index < -0.39 is 28.5 Å². The molecule has 0 saturated heterocycles. The van der Waals surface area contributed by atoms with Crippen LogP contribution in [0.15, 0.2) is 46.9 Å². The van der Waals surface area contributed by atoms with Crippen LogP contribution < -0.4 is 9.62 Å². The van der Waals surface area contributed by atoms with Gasteiger partial charge in [0.15, 0.2) is 0 Å². The Labute approximate surface area is 224 Å². The number of rotatable bonds is 9. The van der Waals surface area contributed by atoms with Crippen LogP contribution >= 0.6 is 39.1 Å². The van der Waals surface area contributed by atoms with Gasteiger partial charge >= 0.3 is 0 Å². The molecule has 2 aromatic rings. The van der Waals surface area contributed by atoms with E-state index in [4.69, 9.17) is 23.2 Å². The third-order valence-corrected chi connectivity index (χ3v) is 8.54. The average Bonchev–Trinajstić information content (AvgIpc) is 3.30. The second kappa shape index (κ2) is 12.0. The number of para-hydroxylation sites is 1. The van der Waals surface area contributed by atoms with Crippen molar-refractivity contribution in [1.82, 2.24) is 10.2 Å². The first-order chi connectivity index (χ1) is 16.5. The Morgan fingerprint density at radius 3 is 2.37 bits per heavy atom. The molecule has 2 aromatic carbocycles. The van der Waals surface area contributed by atoms with E-state index in [0.29, 0.717) is 25.8 Å². The third-order valence-electron chi connectivity index (χ3n) is 6.01. The van der Waals surface area contributed by atoms with Crippen molar-refractivity contribution in [2.24, 2.45) is 0 Å². The summed E-state index contributed by atoms with van der Waals surface area (Å²) in [7, 11) is -3.80. The van der Waals surface area contributed by atoms with E-state index in [9.17, 15) is 18.0 Å². The van der Waals surface area contributed by atoms with Crippen LogP contribution in [0.25, 0.3) is 0 Å². The summed E-state index contributed by atoms with van der Waals surface area (Å²) in [6, 6.07) is 11.0. The van der Waals surface area contributed by atoms with Crippen molar-refractivity contribution in [3.63, 3.8) is 0 Å². The molecule has 1 N–H and O–H groups in total. The Morgan fingerprint density at radius 2 is 1.77 bits per heavy atom. The summed E-state index contributed by atoms with van der Waals surface area (Å²) in [5, 5.41) is 3.72. The number of halogens is 3. The van der Waals surface area contributed by atoms with Gasteiger partial charge in [0.2, 0.25) is 21.8 Å². The lowest BCUT2D eigenvalue weighted by molar-refractivity contribution is -0.139. The van der Waals surface area contributed by atoms with Crippen molar-refractivity contribution < 1.29 is 18.0 Å². The smallest absolute Gasteiger partial charge is 0.244 e. The van der Waals surface area contributed by atoms with Gasteiger partial charge in [-0.1, -0.05) is 54.2 Å². The minimum absolute atomic E-state index is 0.0581. The number of carbonyl (C=O) groups is 2. The molecule has 1 atom stereocenters. The second-order valence-corrected chi connectivity index (χ2v) is 12.2. The molecule has 7 nitrogen and oxygen atoms in total. The molecule has 0 aromatic heterocycles. The monoisotopic (exact) mass is 603 g/mol. The summed E-state index contributed by atoms with van der Waals surface area (Å²) >= 11 is 15.6. The molecule has 0 heterocycles. The standard InChI is InChI=1S/C24H28BrCl2N3O4S/c1-16(24(32)28-18-7-3-4-8-18)29(14-17-11-12-20(26)21(27)13-17)23(31)15-30(35(2,33)34)22-10-6-5-9-19(22)25/h5-6,9-13,16,18H,3-4,7-8,14-15H2,1-2H3,(H,28,32)/t16-/m1/s1. The van der Waals surface area contributed by atoms with Crippen molar-refractivity contribution in [2.45, 2.75) is 51.2 Å². The first-order valence-electron chi connectivity index (χ1n) is 11.2. The summed E-state index contributed by atoms with van der Waals surface area (Å²) in [5.74, 6) is -0.802. The largest absolute Gasteiger partial charge is 0.352 e. The molecule has 3 rings (SSSR count). The second-order valence-electron chi connectivity index (χ2n) is 8.66. The highest BCUT2D eigenvalue weighted by Crippen LogP contribution is 2.28. The highest BCUT2D eigenvalue weighted by molar-refractivity contribution is 9.10. The van der Waals surface area contributed by atoms with E-state index in [1.54, 1.807) is 49.4 Å². The Morgan fingerprint density at radius 1 is 1.11 bits per heavy atom. The molecule has 1 aliphatic carbocycles. The number of nitrogens with zero attached hydrogens (tertiary/aromatic N) is 2. The minimum atomic E-state index is -3.80. The van der Waals surface area contributed by atoms with E-state index in [1.165, 1.54) is 4.90 Å². The number of benzene rings is 2. The van der Waals surface area contributed by atoms with Crippen LogP contribution in [0.2, 0.25) is 10.0 Å². The Kier molecular flexibility index (Phi) is 9.48. The van der Waals surface area contributed by atoms with E-state index >= 15 is 0 Å². The first-order valence-corrected chi connectivity index (χ1v) is 14.6. The van der Waals surface area contributed by atoms with E-state index in [2.05, 4.69) is 21.2 Å². The fourth-order valence-corrected chi connectivity index (χ4v) is 5.86. The van der Waals surface area contributed by atoms with Crippen LogP contribution in [-0.2, 0) is 26.2 Å². The number of anilines is 1. The van der Waals surface area contributed by atoms with Gasteiger partial charge in [-0.15, -0.1) is 0 Å². The number of hydrogen-bond acceptors (Lipinski definition) is 4. The molecule has 0 spiro atoms. The summed E-state index contributed by atoms with van der Waals surface area (Å²) in [6.07, 6.45) is 4.96. The number of nitrogens with one attached hydrogen (secondary N) is 1. The van der Waals surface area contributed by atoms with Gasteiger partial charge in [0.25, 0.3) is 0 Å². The maximum Gasteiger partial charge on any atom is 0.244 e. The lowest BCUT2D eigenvalue weighted by Gasteiger charge is -2.32. The zero-order valence-electron chi connectivity index (χ0n) is 19.5. The quantitative estimate of drug-likeness (QED) is 0.436. The summed E-state index contributed by atoms with van der Waals surface area (Å²) < 4.78 is 26.8. The van der Waals surface area contributed by atoms with Crippen molar-refractivity contribution in [3.05, 3.63) is 62.5 Å². The molecule has 1 saturated carbocycles. The third kappa shape index (κ3) is 7.35. The average molecular weight is 605 g/mol. The van der Waals surface area contributed by atoms with Crippen molar-refractivity contribution in [2.75, 3.05) is 17.1 Å². The van der Waals surface area contributed by atoms with Crippen LogP contribution in [0.5, 0.6) is 0 Å². The summed E-state index contributed by atoms with van der Waals surface area (Å²) in [6.45, 7) is 1.23. The van der Waals surface area contributed by atoms with Crippen LogP contribution in [0.3, 0.4) is 0 Å². The molecule has 190 valence electrons. The zero-order chi connectivity index (χ0) is 25.8. The van der Waals surface area contributed by atoms with Crippen LogP contribution in [0.4, 0.5) is 5.69 Å². The molecular formula is C24H28BrCl2N3O4S. The predicted octanol–water partition coefficient (Wildman–Crippen LogP) is 5.00. The molecule has 2 amide bonds. The lowest BCUT2D eigenvalue weighted by atomic mass is 10.1. The molecule has 0 radical (unpaired) electrons. The van der Waals surface area contributed by atoms with Gasteiger partial charge < -0.3 is 10.2 Å². The maximum atomic E-state index is 13.6. The van der Waals surface area contributed by atoms with Crippen molar-refractivity contribution in [3.8, 4) is 0 Å². The Hall–Kier alpha value is -1.81. The zero-order valence-corrected chi connectivity index (χ0v) is 23.4. The predicted molar refractivity (Wildman–Crippen MR) is 143 cm³/mol. The highest BCUT2D eigenvalue weighted by atomic mass is 79.9. The van der Waals surface area contributed by atoms with Crippen LogP contribution in [0, 0.1) is 0 Å². The van der Waals surface area contributed by atoms with E-state index in [-0.39, 0.29) is 18.5 Å². The number of sulfonamides is 1. The normalized spacial score (nSPS) is 15.0. The van der Waals surface area contributed by atoms with Gasteiger partial charge in [-0.2, -0.15) is 0 Å². The fraction of sp³-hybridized carbons (Fsp3) is 0.417. The summed E-state index contributed by atoms with van der Waals surface area (Å²) in [5.41, 5.74) is 1.00. The topological polar surface area (TPSA) is 86.8 Å². The van der Waals surface area contributed by atoms with Crippen LogP contribution in [0.1, 0.15) is 38.2 Å². The molecule has 1 aliphatic rings. The van der Waals surface area contributed by atoms with Gasteiger partial charge in [-0.05, 0) is 65.5 Å². The maximum absolute atomic E-state index is 13.6. The molecule has 0 aliphatic heterocycles. The molecule has 0 unspecified atom stereocenters. The first kappa shape index (κ1) is 27.8. The van der Waals surface area contributed by atoms with E-state index in [0.717, 1.165) is 36.2 Å². The fourth-order valence-electron chi connectivity index (χ4n) is 4.06. The number of carbonyl (C=O) groups excluding carboxylic acids is 2. The molecule has 35 heavy (non-hydrogen) atoms. The minimum Gasteiger partial charge on any atom is -0.352 e. The molecule has 1 fully saturated rings. The molecular weight excluding hydrogens is 577 g/mol. The lowest BCUT2D eigenvalue weighted by Crippen LogP contribution is -2.52. The highest BCUT2D eigenvalue weighted by Gasteiger charge is 2.31. The number of amides is 2.